The Balaban J connectivity index is 2.45. The summed E-state index contributed by atoms with van der Waals surface area (Å²) < 4.78 is 0. The van der Waals surface area contributed by atoms with Crippen LogP contribution in [0.25, 0.3) is 0 Å². The van der Waals surface area contributed by atoms with Gasteiger partial charge in [0.15, 0.2) is 0 Å². The minimum atomic E-state index is 0.923. The monoisotopic (exact) mass is 219 g/mol. The highest BCUT2D eigenvalue weighted by Crippen LogP contribution is 2.04. The normalized spacial score (nSPS) is 11.9. The molecule has 1 aromatic carbocycles. The first-order valence-corrected chi connectivity index (χ1v) is 5.82. The standard InChI is InChI=1S/C13H21N3/c1-4-16(5-2)11-12(3)14-15-13-9-7-6-8-10-13/h6-10,15H,4-5,11H2,1-3H3. The van der Waals surface area contributed by atoms with Crippen LogP contribution < -0.4 is 5.43 Å². The third-order valence-electron chi connectivity index (χ3n) is 2.50. The number of hydrogen-bond donors (Lipinski definition) is 1. The summed E-state index contributed by atoms with van der Waals surface area (Å²) in [7, 11) is 0. The third kappa shape index (κ3) is 4.45. The van der Waals surface area contributed by atoms with Gasteiger partial charge in [0.05, 0.1) is 5.69 Å². The summed E-state index contributed by atoms with van der Waals surface area (Å²) in [6, 6.07) is 10.0. The highest BCUT2D eigenvalue weighted by atomic mass is 15.3. The summed E-state index contributed by atoms with van der Waals surface area (Å²) in [5.74, 6) is 0. The van der Waals surface area contributed by atoms with Crippen molar-refractivity contribution >= 4 is 11.4 Å². The number of benzene rings is 1. The molecule has 0 heterocycles. The van der Waals surface area contributed by atoms with Gasteiger partial charge in [-0.3, -0.25) is 10.3 Å². The van der Waals surface area contributed by atoms with Crippen LogP contribution in [0.1, 0.15) is 20.8 Å². The molecule has 16 heavy (non-hydrogen) atoms. The number of nitrogens with one attached hydrogen (secondary N) is 1. The van der Waals surface area contributed by atoms with E-state index in [4.69, 9.17) is 0 Å². The first-order valence-electron chi connectivity index (χ1n) is 5.82. The molecule has 3 heteroatoms. The summed E-state index contributed by atoms with van der Waals surface area (Å²) in [6.45, 7) is 9.44. The molecule has 0 atom stereocenters. The van der Waals surface area contributed by atoms with Crippen molar-refractivity contribution in [1.29, 1.82) is 0 Å². The van der Waals surface area contributed by atoms with Crippen LogP contribution in [0.4, 0.5) is 5.69 Å². The highest BCUT2D eigenvalue weighted by molar-refractivity contribution is 5.84. The second kappa shape index (κ2) is 7.01. The number of para-hydroxylation sites is 1. The van der Waals surface area contributed by atoms with Gasteiger partial charge in [-0.1, -0.05) is 32.0 Å². The molecule has 0 saturated heterocycles. The fraction of sp³-hybridized carbons (Fsp3) is 0.462. The maximum absolute atomic E-state index is 4.36. The SMILES string of the molecule is CCN(CC)CC(C)=NNc1ccccc1. The van der Waals surface area contributed by atoms with Crippen LogP contribution in [-0.2, 0) is 0 Å². The molecule has 0 spiro atoms. The maximum atomic E-state index is 4.36. The van der Waals surface area contributed by atoms with Crippen LogP contribution in [-0.4, -0.2) is 30.2 Å². The van der Waals surface area contributed by atoms with Crippen molar-refractivity contribution in [2.75, 3.05) is 25.1 Å². The Morgan fingerprint density at radius 2 is 1.81 bits per heavy atom. The molecular formula is C13H21N3. The second-order valence-corrected chi connectivity index (χ2v) is 3.79. The lowest BCUT2D eigenvalue weighted by atomic mass is 10.3. The summed E-state index contributed by atoms with van der Waals surface area (Å²) in [4.78, 5) is 2.34. The Morgan fingerprint density at radius 1 is 1.19 bits per heavy atom. The maximum Gasteiger partial charge on any atom is 0.0561 e. The van der Waals surface area contributed by atoms with Crippen molar-refractivity contribution in [2.24, 2.45) is 5.10 Å². The Bertz CT molecular complexity index is 315. The van der Waals surface area contributed by atoms with Crippen molar-refractivity contribution < 1.29 is 0 Å². The fourth-order valence-corrected chi connectivity index (χ4v) is 1.48. The molecule has 0 radical (unpaired) electrons. The predicted octanol–water partition coefficient (Wildman–Crippen LogP) is 2.82. The van der Waals surface area contributed by atoms with E-state index in [1.165, 1.54) is 0 Å². The minimum Gasteiger partial charge on any atom is -0.298 e. The summed E-state index contributed by atoms with van der Waals surface area (Å²) in [5, 5.41) is 4.36. The van der Waals surface area contributed by atoms with Crippen molar-refractivity contribution in [3.05, 3.63) is 30.3 Å². The van der Waals surface area contributed by atoms with Crippen LogP contribution in [0.5, 0.6) is 0 Å². The molecule has 0 amide bonds. The number of anilines is 1. The molecule has 1 rings (SSSR count). The molecule has 1 N–H and O–H groups in total. The van der Waals surface area contributed by atoms with Gasteiger partial charge in [0.1, 0.15) is 0 Å². The molecule has 0 saturated carbocycles. The number of rotatable bonds is 6. The molecule has 0 unspecified atom stereocenters. The van der Waals surface area contributed by atoms with Crippen LogP contribution in [0.2, 0.25) is 0 Å². The third-order valence-corrected chi connectivity index (χ3v) is 2.50. The quantitative estimate of drug-likeness (QED) is 0.588. The molecule has 1 aromatic rings. The summed E-state index contributed by atoms with van der Waals surface area (Å²) >= 11 is 0. The van der Waals surface area contributed by atoms with Crippen LogP contribution >= 0.6 is 0 Å². The number of hydrazone groups is 1. The van der Waals surface area contributed by atoms with Gasteiger partial charge in [0.2, 0.25) is 0 Å². The van der Waals surface area contributed by atoms with E-state index >= 15 is 0 Å². The van der Waals surface area contributed by atoms with Crippen molar-refractivity contribution in [1.82, 2.24) is 4.90 Å². The Kier molecular flexibility index (Phi) is 5.57. The van der Waals surface area contributed by atoms with Gasteiger partial charge >= 0.3 is 0 Å². The number of nitrogens with zero attached hydrogens (tertiary/aromatic N) is 2. The van der Waals surface area contributed by atoms with E-state index in [9.17, 15) is 0 Å². The zero-order valence-electron chi connectivity index (χ0n) is 10.4. The van der Waals surface area contributed by atoms with E-state index < -0.39 is 0 Å². The molecule has 3 nitrogen and oxygen atoms in total. The molecule has 0 aliphatic rings. The van der Waals surface area contributed by atoms with E-state index in [1.54, 1.807) is 0 Å². The van der Waals surface area contributed by atoms with E-state index in [1.807, 2.05) is 37.3 Å². The van der Waals surface area contributed by atoms with Gasteiger partial charge in [0.25, 0.3) is 0 Å². The molecule has 0 aliphatic heterocycles. The van der Waals surface area contributed by atoms with Gasteiger partial charge in [-0.2, -0.15) is 5.10 Å². The first kappa shape index (κ1) is 12.7. The lowest BCUT2D eigenvalue weighted by Crippen LogP contribution is -2.28. The summed E-state index contributed by atoms with van der Waals surface area (Å²) in [5.41, 5.74) is 5.19. The van der Waals surface area contributed by atoms with Gasteiger partial charge < -0.3 is 0 Å². The van der Waals surface area contributed by atoms with Gasteiger partial charge in [-0.05, 0) is 32.1 Å². The van der Waals surface area contributed by atoms with E-state index in [0.29, 0.717) is 0 Å². The van der Waals surface area contributed by atoms with Crippen LogP contribution in [0.3, 0.4) is 0 Å². The molecule has 0 aromatic heterocycles. The van der Waals surface area contributed by atoms with Crippen molar-refractivity contribution in [2.45, 2.75) is 20.8 Å². The molecular weight excluding hydrogens is 198 g/mol. The van der Waals surface area contributed by atoms with Gasteiger partial charge in [-0.15, -0.1) is 0 Å². The van der Waals surface area contributed by atoms with E-state index in [-0.39, 0.29) is 0 Å². The lowest BCUT2D eigenvalue weighted by Gasteiger charge is -2.17. The molecule has 0 fully saturated rings. The molecule has 0 aliphatic carbocycles. The number of hydrogen-bond acceptors (Lipinski definition) is 3. The van der Waals surface area contributed by atoms with Gasteiger partial charge in [-0.25, -0.2) is 0 Å². The van der Waals surface area contributed by atoms with E-state index in [0.717, 1.165) is 31.0 Å². The highest BCUT2D eigenvalue weighted by Gasteiger charge is 2.00. The second-order valence-electron chi connectivity index (χ2n) is 3.79. The molecule has 88 valence electrons. The topological polar surface area (TPSA) is 27.6 Å². The average Bonchev–Trinajstić information content (AvgIpc) is 2.34. The van der Waals surface area contributed by atoms with Crippen LogP contribution in [0.15, 0.2) is 35.4 Å². The van der Waals surface area contributed by atoms with Crippen molar-refractivity contribution in [3.8, 4) is 0 Å². The zero-order valence-corrected chi connectivity index (χ0v) is 10.4. The average molecular weight is 219 g/mol. The zero-order chi connectivity index (χ0) is 11.8. The summed E-state index contributed by atoms with van der Waals surface area (Å²) in [6.07, 6.45) is 0. The Hall–Kier alpha value is -1.35. The van der Waals surface area contributed by atoms with E-state index in [2.05, 4.69) is 29.3 Å². The fourth-order valence-electron chi connectivity index (χ4n) is 1.48. The van der Waals surface area contributed by atoms with Gasteiger partial charge in [0, 0.05) is 12.3 Å². The van der Waals surface area contributed by atoms with Crippen molar-refractivity contribution in [3.63, 3.8) is 0 Å². The van der Waals surface area contributed by atoms with Crippen LogP contribution in [0, 0.1) is 0 Å². The first-order chi connectivity index (χ1) is 7.76. The Labute approximate surface area is 98.2 Å². The lowest BCUT2D eigenvalue weighted by molar-refractivity contribution is 0.346. The minimum absolute atomic E-state index is 0.923. The largest absolute Gasteiger partial charge is 0.298 e. The Morgan fingerprint density at radius 3 is 2.38 bits per heavy atom. The molecule has 0 bridgehead atoms. The smallest absolute Gasteiger partial charge is 0.0561 e. The predicted molar refractivity (Wildman–Crippen MR) is 71.0 cm³/mol.